The average molecular weight is 444 g/mol. The summed E-state index contributed by atoms with van der Waals surface area (Å²) in [6.07, 6.45) is 1.38. The number of rotatable bonds is 5. The van der Waals surface area contributed by atoms with Crippen LogP contribution < -0.4 is 0 Å². The molecule has 4 rings (SSSR count). The molecule has 5 heteroatoms. The number of nitrogens with zero attached hydrogens (tertiary/aromatic N) is 3. The Morgan fingerprint density at radius 1 is 0.788 bits per heavy atom. The van der Waals surface area contributed by atoms with E-state index in [4.69, 9.17) is 0 Å². The Bertz CT molecular complexity index is 1280. The first-order valence-corrected chi connectivity index (χ1v) is 11.4. The van der Waals surface area contributed by atoms with Crippen LogP contribution >= 0.6 is 0 Å². The van der Waals surface area contributed by atoms with Gasteiger partial charge in [-0.15, -0.1) is 15.0 Å². The van der Waals surface area contributed by atoms with Crippen molar-refractivity contribution in [2.45, 2.75) is 59.8 Å². The van der Waals surface area contributed by atoms with Gasteiger partial charge < -0.3 is 10.2 Å². The molecule has 172 valence electrons. The van der Waals surface area contributed by atoms with Crippen molar-refractivity contribution in [3.05, 3.63) is 76.9 Å². The Labute approximate surface area is 195 Å². The third kappa shape index (κ3) is 4.72. The summed E-state index contributed by atoms with van der Waals surface area (Å²) < 4.78 is 0. The molecule has 0 aliphatic heterocycles. The molecule has 0 spiro atoms. The fourth-order valence-corrected chi connectivity index (χ4v) is 4.82. The van der Waals surface area contributed by atoms with Gasteiger partial charge in [-0.1, -0.05) is 71.0 Å². The van der Waals surface area contributed by atoms with E-state index in [9.17, 15) is 10.2 Å². The van der Waals surface area contributed by atoms with Gasteiger partial charge in [-0.3, -0.25) is 0 Å². The van der Waals surface area contributed by atoms with Crippen LogP contribution in [0.2, 0.25) is 0 Å². The number of aromatic nitrogens is 3. The molecule has 0 bridgehead atoms. The van der Waals surface area contributed by atoms with Crippen molar-refractivity contribution in [3.63, 3.8) is 0 Å². The maximum atomic E-state index is 11.3. The second kappa shape index (κ2) is 8.22. The third-order valence-corrected chi connectivity index (χ3v) is 6.13. The molecule has 1 heterocycles. The van der Waals surface area contributed by atoms with Gasteiger partial charge in [0.15, 0.2) is 0 Å². The summed E-state index contributed by atoms with van der Waals surface area (Å²) in [6, 6.07) is 17.4. The van der Waals surface area contributed by atoms with Crippen LogP contribution in [-0.2, 0) is 11.8 Å². The summed E-state index contributed by atoms with van der Waals surface area (Å²) in [5.41, 5.74) is 5.53. The van der Waals surface area contributed by atoms with Crippen LogP contribution in [0.5, 0.6) is 11.5 Å². The van der Waals surface area contributed by atoms with Gasteiger partial charge in [0.25, 0.3) is 0 Å². The highest BCUT2D eigenvalue weighted by Gasteiger charge is 2.29. The molecule has 4 aromatic rings. The summed E-state index contributed by atoms with van der Waals surface area (Å²) in [5, 5.41) is 31.2. The fourth-order valence-electron chi connectivity index (χ4n) is 4.82. The molecule has 0 atom stereocenters. The molecule has 0 aliphatic rings. The van der Waals surface area contributed by atoms with E-state index in [-0.39, 0.29) is 22.3 Å². The molecular formula is C28H33N3O2. The van der Waals surface area contributed by atoms with Gasteiger partial charge in [0.1, 0.15) is 28.2 Å². The molecule has 5 nitrogen and oxygen atoms in total. The maximum Gasteiger partial charge on any atom is 0.146 e. The predicted molar refractivity (Wildman–Crippen MR) is 133 cm³/mol. The van der Waals surface area contributed by atoms with E-state index >= 15 is 0 Å². The van der Waals surface area contributed by atoms with Crippen molar-refractivity contribution in [1.82, 2.24) is 15.0 Å². The molecule has 0 saturated carbocycles. The number of hydrogen-bond acceptors (Lipinski definition) is 4. The Balaban J connectivity index is 1.89. The smallest absolute Gasteiger partial charge is 0.146 e. The number of benzene rings is 3. The quantitative estimate of drug-likeness (QED) is 0.372. The Morgan fingerprint density at radius 3 is 2.03 bits per heavy atom. The predicted octanol–water partition coefficient (Wildman–Crippen LogP) is 6.44. The van der Waals surface area contributed by atoms with Crippen molar-refractivity contribution in [1.29, 1.82) is 0 Å². The Hall–Kier alpha value is -3.34. The maximum absolute atomic E-state index is 11.3. The highest BCUT2D eigenvalue weighted by molar-refractivity contribution is 5.74. The molecule has 0 radical (unpaired) electrons. The number of aromatic hydroxyl groups is 2. The number of phenolic OH excluding ortho intramolecular Hbond substituents is 2. The molecule has 0 saturated heterocycles. The second-order valence-corrected chi connectivity index (χ2v) is 10.9. The molecule has 1 aromatic heterocycles. The first kappa shape index (κ1) is 22.8. The van der Waals surface area contributed by atoms with Crippen molar-refractivity contribution in [3.8, 4) is 17.2 Å². The van der Waals surface area contributed by atoms with E-state index in [1.807, 2.05) is 55.5 Å². The van der Waals surface area contributed by atoms with Crippen LogP contribution in [0.15, 0.2) is 54.6 Å². The van der Waals surface area contributed by atoms with Gasteiger partial charge in [0.2, 0.25) is 0 Å². The lowest BCUT2D eigenvalue weighted by molar-refractivity contribution is 0.284. The molecule has 33 heavy (non-hydrogen) atoms. The number of para-hydroxylation sites is 1. The number of phenols is 2. The van der Waals surface area contributed by atoms with Crippen LogP contribution in [0, 0.1) is 12.3 Å². The number of aryl methyl sites for hydroxylation is 1. The largest absolute Gasteiger partial charge is 0.507 e. The van der Waals surface area contributed by atoms with E-state index in [1.54, 1.807) is 0 Å². The lowest BCUT2D eigenvalue weighted by atomic mass is 9.72. The van der Waals surface area contributed by atoms with Gasteiger partial charge in [-0.2, -0.15) is 0 Å². The van der Waals surface area contributed by atoms with Gasteiger partial charge >= 0.3 is 0 Å². The van der Waals surface area contributed by atoms with Crippen molar-refractivity contribution >= 4 is 11.0 Å². The zero-order valence-corrected chi connectivity index (χ0v) is 20.3. The van der Waals surface area contributed by atoms with E-state index in [1.165, 1.54) is 4.80 Å². The van der Waals surface area contributed by atoms with Gasteiger partial charge in [-0.05, 0) is 59.1 Å². The Morgan fingerprint density at radius 2 is 1.42 bits per heavy atom. The molecule has 0 amide bonds. The average Bonchev–Trinajstić information content (AvgIpc) is 3.15. The highest BCUT2D eigenvalue weighted by Crippen LogP contribution is 2.40. The topological polar surface area (TPSA) is 71.2 Å². The second-order valence-electron chi connectivity index (χ2n) is 10.9. The molecule has 0 unspecified atom stereocenters. The van der Waals surface area contributed by atoms with Crippen LogP contribution in [0.25, 0.3) is 16.7 Å². The van der Waals surface area contributed by atoms with Gasteiger partial charge in [0.05, 0.1) is 0 Å². The van der Waals surface area contributed by atoms with E-state index < -0.39 is 0 Å². The summed E-state index contributed by atoms with van der Waals surface area (Å²) >= 11 is 0. The third-order valence-electron chi connectivity index (χ3n) is 6.13. The number of fused-ring (bicyclic) bond motifs is 1. The van der Waals surface area contributed by atoms with Crippen molar-refractivity contribution in [2.24, 2.45) is 5.41 Å². The minimum atomic E-state index is -0.142. The minimum Gasteiger partial charge on any atom is -0.507 e. The van der Waals surface area contributed by atoms with Crippen LogP contribution in [0.4, 0.5) is 0 Å². The summed E-state index contributed by atoms with van der Waals surface area (Å²) in [5.74, 6) is 0.396. The van der Waals surface area contributed by atoms with Gasteiger partial charge in [-0.25, -0.2) is 0 Å². The lowest BCUT2D eigenvalue weighted by Gasteiger charge is -2.33. The van der Waals surface area contributed by atoms with Crippen molar-refractivity contribution < 1.29 is 10.2 Å². The summed E-state index contributed by atoms with van der Waals surface area (Å²) in [4.78, 5) is 1.52. The normalized spacial score (nSPS) is 12.4. The summed E-state index contributed by atoms with van der Waals surface area (Å²) in [7, 11) is 0. The molecule has 2 N–H and O–H groups in total. The standard InChI is InChI=1S/C28H33N3O2/c1-18-10-9-11-19(25(18)32)14-20-15-21(28(5,6)17-27(2,3)4)16-24(26(20)33)31-29-22-12-7-8-13-23(22)30-31/h7-13,15-16,32-33H,14,17H2,1-6H3. The van der Waals surface area contributed by atoms with E-state index in [2.05, 4.69) is 50.9 Å². The SMILES string of the molecule is Cc1cccc(Cc2cc(C(C)(C)CC(C)(C)C)cc(-n3nc4ccccc4n3)c2O)c1O. The minimum absolute atomic E-state index is 0.131. The van der Waals surface area contributed by atoms with Crippen LogP contribution in [-0.4, -0.2) is 25.2 Å². The zero-order valence-electron chi connectivity index (χ0n) is 20.3. The van der Waals surface area contributed by atoms with E-state index in [0.717, 1.165) is 39.7 Å². The first-order chi connectivity index (χ1) is 15.4. The molecule has 0 aliphatic carbocycles. The molecule has 0 fully saturated rings. The molecule has 3 aromatic carbocycles. The molecular weight excluding hydrogens is 410 g/mol. The first-order valence-electron chi connectivity index (χ1n) is 11.4. The lowest BCUT2D eigenvalue weighted by Crippen LogP contribution is -2.25. The fraction of sp³-hybridized carbons (Fsp3) is 0.357. The van der Waals surface area contributed by atoms with Crippen LogP contribution in [0.1, 0.15) is 63.3 Å². The Kier molecular flexibility index (Phi) is 5.69. The monoisotopic (exact) mass is 443 g/mol. The zero-order chi connectivity index (χ0) is 24.0. The highest BCUT2D eigenvalue weighted by atomic mass is 16.3. The van der Waals surface area contributed by atoms with E-state index in [0.29, 0.717) is 12.1 Å². The van der Waals surface area contributed by atoms with Crippen molar-refractivity contribution in [2.75, 3.05) is 0 Å². The van der Waals surface area contributed by atoms with Gasteiger partial charge in [0, 0.05) is 12.0 Å². The number of hydrogen-bond donors (Lipinski definition) is 2. The van der Waals surface area contributed by atoms with Crippen LogP contribution in [0.3, 0.4) is 0 Å². The summed E-state index contributed by atoms with van der Waals surface area (Å²) in [6.45, 7) is 13.1.